The van der Waals surface area contributed by atoms with E-state index >= 15 is 0 Å². The smallest absolute Gasteiger partial charge is 0.332 e. The summed E-state index contributed by atoms with van der Waals surface area (Å²) in [5, 5.41) is 0. The number of hydrogen-bond donors (Lipinski definition) is 0. The molecule has 2 heterocycles. The average Bonchev–Trinajstić information content (AvgIpc) is 3.02. The van der Waals surface area contributed by atoms with Gasteiger partial charge in [-0.2, -0.15) is 0 Å². The number of benzene rings is 2. The predicted octanol–water partition coefficient (Wildman–Crippen LogP) is 3.02. The Kier molecular flexibility index (Phi) is 11.8. The molecule has 0 radical (unpaired) electrons. The van der Waals surface area contributed by atoms with Gasteiger partial charge in [0.25, 0.3) is 5.56 Å². The zero-order chi connectivity index (χ0) is 30.2. The van der Waals surface area contributed by atoms with Crippen LogP contribution >= 0.6 is 12.4 Å². The van der Waals surface area contributed by atoms with Gasteiger partial charge in [0.05, 0.1) is 33.5 Å². The lowest BCUT2D eigenvalue weighted by Crippen LogP contribution is -2.49. The molecule has 0 saturated carbocycles. The standard InChI is InChI=1S/C31H38N4O7.ClH/c1-32-28(21-29(37)33(2)31(32)38)35-16-14-34(15-17-35)13-8-18-42-25-10-7-6-9-23(25)24(36)12-11-22-19-26(39-3)30(41-5)27(20-22)40-4;/h6-7,9-12,19-21H,8,13-18H2,1-5H3;1H/b12-11+;. The third-order valence-corrected chi connectivity index (χ3v) is 7.34. The van der Waals surface area contributed by atoms with Gasteiger partial charge in [-0.3, -0.25) is 23.6 Å². The molecule has 11 nitrogen and oxygen atoms in total. The molecule has 43 heavy (non-hydrogen) atoms. The molecule has 1 aliphatic rings. The van der Waals surface area contributed by atoms with Gasteiger partial charge in [-0.05, 0) is 42.3 Å². The summed E-state index contributed by atoms with van der Waals surface area (Å²) in [6.45, 7) is 4.35. The van der Waals surface area contributed by atoms with Gasteiger partial charge in [0.2, 0.25) is 5.75 Å². The van der Waals surface area contributed by atoms with Gasteiger partial charge in [0.1, 0.15) is 11.6 Å². The molecule has 1 aliphatic heterocycles. The molecule has 12 heteroatoms. The largest absolute Gasteiger partial charge is 0.493 e. The number of rotatable bonds is 12. The summed E-state index contributed by atoms with van der Waals surface area (Å²) in [6.07, 6.45) is 3.99. The van der Waals surface area contributed by atoms with E-state index in [1.54, 1.807) is 58.7 Å². The van der Waals surface area contributed by atoms with Crippen LogP contribution in [0.25, 0.3) is 6.08 Å². The predicted molar refractivity (Wildman–Crippen MR) is 169 cm³/mol. The fraction of sp³-hybridized carbons (Fsp3) is 0.387. The van der Waals surface area contributed by atoms with Crippen LogP contribution in [0.1, 0.15) is 22.3 Å². The molecule has 1 saturated heterocycles. The highest BCUT2D eigenvalue weighted by Crippen LogP contribution is 2.38. The third kappa shape index (κ3) is 7.79. The van der Waals surface area contributed by atoms with E-state index < -0.39 is 0 Å². The number of ether oxygens (including phenoxy) is 4. The van der Waals surface area contributed by atoms with Crippen LogP contribution < -0.4 is 35.1 Å². The first-order chi connectivity index (χ1) is 20.3. The second-order valence-corrected chi connectivity index (χ2v) is 9.92. The van der Waals surface area contributed by atoms with Gasteiger partial charge in [-0.1, -0.05) is 18.2 Å². The van der Waals surface area contributed by atoms with Crippen molar-refractivity contribution in [2.45, 2.75) is 6.42 Å². The Balaban J connectivity index is 0.00000506. The number of hydrogen-bond acceptors (Lipinski definition) is 9. The Morgan fingerprint density at radius 3 is 2.14 bits per heavy atom. The molecule has 0 unspecified atom stereocenters. The van der Waals surface area contributed by atoms with Crippen LogP contribution in [-0.4, -0.2) is 80.5 Å². The normalized spacial score (nSPS) is 13.5. The van der Waals surface area contributed by atoms with Crippen LogP contribution in [0.15, 0.2) is 58.1 Å². The molecule has 0 amide bonds. The minimum Gasteiger partial charge on any atom is -0.493 e. The van der Waals surface area contributed by atoms with Crippen molar-refractivity contribution >= 4 is 30.1 Å². The molecular weight excluding hydrogens is 576 g/mol. The van der Waals surface area contributed by atoms with Crippen molar-refractivity contribution in [1.29, 1.82) is 0 Å². The SMILES string of the molecule is COc1cc(/C=C/C(=O)c2ccccc2OCCCN2CCN(c3cc(=O)n(C)c(=O)n3C)CC2)cc(OC)c1OC.Cl. The lowest BCUT2D eigenvalue weighted by atomic mass is 10.1. The molecule has 3 aromatic rings. The molecule has 1 fully saturated rings. The molecule has 0 atom stereocenters. The minimum absolute atomic E-state index is 0. The maximum absolute atomic E-state index is 13.1. The first-order valence-electron chi connectivity index (χ1n) is 13.8. The third-order valence-electron chi connectivity index (χ3n) is 7.34. The number of anilines is 1. The fourth-order valence-corrected chi connectivity index (χ4v) is 4.95. The number of methoxy groups -OCH3 is 3. The van der Waals surface area contributed by atoms with Crippen LogP contribution in [0.2, 0.25) is 0 Å². The highest BCUT2D eigenvalue weighted by Gasteiger charge is 2.20. The second-order valence-electron chi connectivity index (χ2n) is 9.92. The van der Waals surface area contributed by atoms with Crippen LogP contribution in [0, 0.1) is 0 Å². The van der Waals surface area contributed by atoms with Crippen LogP contribution in [0.4, 0.5) is 5.82 Å². The highest BCUT2D eigenvalue weighted by molar-refractivity contribution is 6.08. The van der Waals surface area contributed by atoms with E-state index in [-0.39, 0.29) is 29.4 Å². The Morgan fingerprint density at radius 2 is 1.51 bits per heavy atom. The molecule has 0 aliphatic carbocycles. The molecule has 4 rings (SSSR count). The Bertz CT molecular complexity index is 1530. The summed E-state index contributed by atoms with van der Waals surface area (Å²) in [5.74, 6) is 2.50. The van der Waals surface area contributed by atoms with E-state index in [9.17, 15) is 14.4 Å². The van der Waals surface area contributed by atoms with E-state index in [0.29, 0.717) is 41.0 Å². The maximum Gasteiger partial charge on any atom is 0.332 e. The Hall–Kier alpha value is -4.22. The number of ketones is 1. The lowest BCUT2D eigenvalue weighted by Gasteiger charge is -2.36. The molecule has 0 spiro atoms. The van der Waals surface area contributed by atoms with Crippen molar-refractivity contribution in [2.24, 2.45) is 14.1 Å². The van der Waals surface area contributed by atoms with Gasteiger partial charge < -0.3 is 23.8 Å². The zero-order valence-corrected chi connectivity index (χ0v) is 26.0. The van der Waals surface area contributed by atoms with Gasteiger partial charge in [-0.25, -0.2) is 4.79 Å². The monoisotopic (exact) mass is 614 g/mol. The molecule has 1 aromatic heterocycles. The van der Waals surface area contributed by atoms with E-state index in [2.05, 4.69) is 9.80 Å². The molecular formula is C31H39ClN4O7. The van der Waals surface area contributed by atoms with Gasteiger partial charge in [-0.15, -0.1) is 12.4 Å². The number of allylic oxidation sites excluding steroid dienone is 1. The summed E-state index contributed by atoms with van der Waals surface area (Å²) in [5.41, 5.74) is 0.582. The van der Waals surface area contributed by atoms with E-state index in [4.69, 9.17) is 18.9 Å². The van der Waals surface area contributed by atoms with Crippen LogP contribution in [0.5, 0.6) is 23.0 Å². The van der Waals surface area contributed by atoms with E-state index in [0.717, 1.165) is 49.3 Å². The average molecular weight is 615 g/mol. The van der Waals surface area contributed by atoms with Crippen LogP contribution in [-0.2, 0) is 14.1 Å². The highest BCUT2D eigenvalue weighted by atomic mass is 35.5. The summed E-state index contributed by atoms with van der Waals surface area (Å²) < 4.78 is 24.8. The molecule has 0 N–H and O–H groups in total. The van der Waals surface area contributed by atoms with Gasteiger partial charge >= 0.3 is 5.69 Å². The van der Waals surface area contributed by atoms with Crippen molar-refractivity contribution in [1.82, 2.24) is 14.0 Å². The number of carbonyl (C=O) groups excluding carboxylic acids is 1. The van der Waals surface area contributed by atoms with Crippen molar-refractivity contribution in [3.05, 3.63) is 80.5 Å². The topological polar surface area (TPSA) is 104 Å². The summed E-state index contributed by atoms with van der Waals surface area (Å²) in [4.78, 5) is 41.9. The number of para-hydroxylation sites is 1. The van der Waals surface area contributed by atoms with Crippen molar-refractivity contribution in [2.75, 3.05) is 65.6 Å². The number of piperazine rings is 1. The first-order valence-corrected chi connectivity index (χ1v) is 13.8. The summed E-state index contributed by atoms with van der Waals surface area (Å²) in [7, 11) is 7.80. The maximum atomic E-state index is 13.1. The minimum atomic E-state index is -0.326. The lowest BCUT2D eigenvalue weighted by molar-refractivity contribution is 0.104. The summed E-state index contributed by atoms with van der Waals surface area (Å²) in [6, 6.07) is 12.3. The molecule has 0 bridgehead atoms. The Labute approximate surface area is 257 Å². The zero-order valence-electron chi connectivity index (χ0n) is 25.2. The Morgan fingerprint density at radius 1 is 0.860 bits per heavy atom. The number of nitrogens with zero attached hydrogens (tertiary/aromatic N) is 4. The van der Waals surface area contributed by atoms with Crippen LogP contribution in [0.3, 0.4) is 0 Å². The number of carbonyl (C=O) groups is 1. The summed E-state index contributed by atoms with van der Waals surface area (Å²) >= 11 is 0. The van der Waals surface area contributed by atoms with E-state index in [1.807, 2.05) is 12.1 Å². The quantitative estimate of drug-likeness (QED) is 0.173. The van der Waals surface area contributed by atoms with Gasteiger partial charge in [0.15, 0.2) is 17.3 Å². The fourth-order valence-electron chi connectivity index (χ4n) is 4.95. The first kappa shape index (κ1) is 33.3. The molecule has 232 valence electrons. The second kappa shape index (κ2) is 15.3. The van der Waals surface area contributed by atoms with Crippen molar-refractivity contribution < 1.29 is 23.7 Å². The van der Waals surface area contributed by atoms with E-state index in [1.165, 1.54) is 23.8 Å². The van der Waals surface area contributed by atoms with Crippen molar-refractivity contribution in [3.63, 3.8) is 0 Å². The number of halogens is 1. The molecule has 2 aromatic carbocycles. The van der Waals surface area contributed by atoms with Crippen molar-refractivity contribution in [3.8, 4) is 23.0 Å². The van der Waals surface area contributed by atoms with Gasteiger partial charge in [0, 0.05) is 52.9 Å². The number of aromatic nitrogens is 2.